The van der Waals surface area contributed by atoms with Crippen LogP contribution in [0.4, 0.5) is 0 Å². The number of unbranched alkanes of at least 4 members (excludes halogenated alkanes) is 5. The molecule has 0 aliphatic carbocycles. The molecule has 1 aromatic heterocycles. The number of benzene rings is 1. The molecule has 0 radical (unpaired) electrons. The van der Waals surface area contributed by atoms with E-state index in [9.17, 15) is 0 Å². The molecule has 0 fully saturated rings. The number of hydrogen-bond acceptors (Lipinski definition) is 3. The summed E-state index contributed by atoms with van der Waals surface area (Å²) in [6.07, 6.45) is 8.97. The summed E-state index contributed by atoms with van der Waals surface area (Å²) in [4.78, 5) is 0. The highest BCUT2D eigenvalue weighted by Crippen LogP contribution is 2.23. The van der Waals surface area contributed by atoms with Gasteiger partial charge in [0, 0.05) is 18.5 Å². The van der Waals surface area contributed by atoms with E-state index in [-0.39, 0.29) is 0 Å². The third-order valence-corrected chi connectivity index (χ3v) is 4.27. The number of aryl methyl sites for hydroxylation is 1. The summed E-state index contributed by atoms with van der Waals surface area (Å²) in [6, 6.07) is 8.34. The molecule has 1 heterocycles. The highest BCUT2D eigenvalue weighted by atomic mass is 15.3. The quantitative estimate of drug-likeness (QED) is 0.609. The third-order valence-electron chi connectivity index (χ3n) is 4.27. The van der Waals surface area contributed by atoms with Gasteiger partial charge in [0.25, 0.3) is 0 Å². The molecule has 0 bridgehead atoms. The van der Waals surface area contributed by atoms with Gasteiger partial charge in [-0.3, -0.25) is 0 Å². The molecule has 0 saturated heterocycles. The van der Waals surface area contributed by atoms with E-state index < -0.39 is 0 Å². The van der Waals surface area contributed by atoms with Crippen LogP contribution in [0.1, 0.15) is 56.7 Å². The number of aromatic nitrogens is 3. The van der Waals surface area contributed by atoms with Gasteiger partial charge in [0.1, 0.15) is 5.69 Å². The van der Waals surface area contributed by atoms with Crippen LogP contribution in [-0.2, 0) is 6.42 Å². The van der Waals surface area contributed by atoms with Crippen molar-refractivity contribution in [2.24, 2.45) is 0 Å². The van der Waals surface area contributed by atoms with Crippen molar-refractivity contribution < 1.29 is 0 Å². The fourth-order valence-electron chi connectivity index (χ4n) is 2.84. The number of nitrogens with one attached hydrogen (secondary N) is 2. The zero-order valence-corrected chi connectivity index (χ0v) is 14.6. The van der Waals surface area contributed by atoms with E-state index in [0.717, 1.165) is 30.9 Å². The third kappa shape index (κ3) is 5.79. The first-order valence-corrected chi connectivity index (χ1v) is 8.99. The van der Waals surface area contributed by atoms with Gasteiger partial charge in [0.15, 0.2) is 0 Å². The highest BCUT2D eigenvalue weighted by molar-refractivity contribution is 5.65. The van der Waals surface area contributed by atoms with Crippen LogP contribution in [0.2, 0.25) is 0 Å². The fraction of sp³-hybridized carbons (Fsp3) is 0.579. The maximum Gasteiger partial charge on any atom is 0.116 e. The van der Waals surface area contributed by atoms with Gasteiger partial charge >= 0.3 is 0 Å². The van der Waals surface area contributed by atoms with Crippen molar-refractivity contribution in [2.75, 3.05) is 13.1 Å². The molecule has 4 heteroatoms. The molecule has 2 N–H and O–H groups in total. The molecule has 0 aliphatic heterocycles. The highest BCUT2D eigenvalue weighted by Gasteiger charge is 2.11. The van der Waals surface area contributed by atoms with Gasteiger partial charge in [0.05, 0.1) is 5.69 Å². The second-order valence-electron chi connectivity index (χ2n) is 6.20. The van der Waals surface area contributed by atoms with Crippen LogP contribution in [0.15, 0.2) is 24.3 Å². The average Bonchev–Trinajstić information content (AvgIpc) is 3.02. The van der Waals surface area contributed by atoms with E-state index in [0.29, 0.717) is 0 Å². The van der Waals surface area contributed by atoms with Gasteiger partial charge in [-0.25, -0.2) is 0 Å². The van der Waals surface area contributed by atoms with Crippen molar-refractivity contribution in [1.29, 1.82) is 0 Å². The van der Waals surface area contributed by atoms with Crippen LogP contribution in [0.3, 0.4) is 0 Å². The summed E-state index contributed by atoms with van der Waals surface area (Å²) in [5.41, 5.74) is 4.45. The van der Waals surface area contributed by atoms with Crippen molar-refractivity contribution in [1.82, 2.24) is 20.7 Å². The van der Waals surface area contributed by atoms with E-state index in [1.54, 1.807) is 0 Å². The number of nitrogens with zero attached hydrogens (tertiary/aromatic N) is 2. The Hall–Kier alpha value is -1.68. The lowest BCUT2D eigenvalue weighted by Gasteiger charge is -2.06. The average molecular weight is 314 g/mol. The molecule has 0 atom stereocenters. The summed E-state index contributed by atoms with van der Waals surface area (Å²) in [5, 5.41) is 15.0. The van der Waals surface area contributed by atoms with Crippen molar-refractivity contribution in [3.8, 4) is 11.3 Å². The first-order chi connectivity index (χ1) is 11.3. The Morgan fingerprint density at radius 1 is 0.957 bits per heavy atom. The van der Waals surface area contributed by atoms with Gasteiger partial charge in [-0.15, -0.1) is 0 Å². The second kappa shape index (κ2) is 10.2. The summed E-state index contributed by atoms with van der Waals surface area (Å²) in [6.45, 7) is 6.44. The van der Waals surface area contributed by atoms with Gasteiger partial charge in [0.2, 0.25) is 0 Å². The predicted molar refractivity (Wildman–Crippen MR) is 96.5 cm³/mol. The molecule has 0 unspecified atom stereocenters. The Kier molecular flexibility index (Phi) is 7.81. The first kappa shape index (κ1) is 17.7. The van der Waals surface area contributed by atoms with Crippen LogP contribution in [0.25, 0.3) is 11.3 Å². The number of hydrogen-bond donors (Lipinski definition) is 2. The molecular formula is C19H30N4. The van der Waals surface area contributed by atoms with Crippen LogP contribution in [0.5, 0.6) is 0 Å². The summed E-state index contributed by atoms with van der Waals surface area (Å²) < 4.78 is 0. The molecule has 1 aromatic carbocycles. The summed E-state index contributed by atoms with van der Waals surface area (Å²) in [5.74, 6) is 0. The smallest absolute Gasteiger partial charge is 0.116 e. The number of aromatic amines is 1. The largest absolute Gasteiger partial charge is 0.316 e. The van der Waals surface area contributed by atoms with Crippen LogP contribution in [-0.4, -0.2) is 28.5 Å². The molecule has 2 rings (SSSR count). The minimum Gasteiger partial charge on any atom is -0.316 e. The predicted octanol–water partition coefficient (Wildman–Crippen LogP) is 4.27. The molecule has 126 valence electrons. The lowest BCUT2D eigenvalue weighted by Crippen LogP contribution is -2.18. The molecule has 2 aromatic rings. The minimum absolute atomic E-state index is 0.913. The van der Waals surface area contributed by atoms with Crippen molar-refractivity contribution in [3.63, 3.8) is 0 Å². The SMILES string of the molecule is CCCCCCCCNCCc1n[nH]nc1-c1ccccc1C. The van der Waals surface area contributed by atoms with Gasteiger partial charge in [-0.05, 0) is 25.5 Å². The standard InChI is InChI=1S/C19H30N4/c1-3-4-5-6-7-10-14-20-15-13-18-19(22-23-21-18)17-12-9-8-11-16(17)2/h8-9,11-12,20H,3-7,10,13-15H2,1-2H3,(H,21,22,23). The Morgan fingerprint density at radius 3 is 2.57 bits per heavy atom. The molecule has 0 saturated carbocycles. The Morgan fingerprint density at radius 2 is 1.74 bits per heavy atom. The lowest BCUT2D eigenvalue weighted by atomic mass is 10.0. The molecule has 0 amide bonds. The molecule has 23 heavy (non-hydrogen) atoms. The zero-order valence-electron chi connectivity index (χ0n) is 14.6. The van der Waals surface area contributed by atoms with E-state index in [2.05, 4.69) is 58.8 Å². The van der Waals surface area contributed by atoms with Crippen molar-refractivity contribution in [2.45, 2.75) is 58.8 Å². The molecular weight excluding hydrogens is 284 g/mol. The van der Waals surface area contributed by atoms with E-state index in [4.69, 9.17) is 0 Å². The Balaban J connectivity index is 1.69. The van der Waals surface area contributed by atoms with Crippen LogP contribution in [0, 0.1) is 6.92 Å². The Bertz CT molecular complexity index is 562. The first-order valence-electron chi connectivity index (χ1n) is 8.99. The normalized spacial score (nSPS) is 11.0. The summed E-state index contributed by atoms with van der Waals surface area (Å²) in [7, 11) is 0. The maximum absolute atomic E-state index is 4.34. The number of rotatable bonds is 11. The number of H-pyrrole nitrogens is 1. The van der Waals surface area contributed by atoms with Gasteiger partial charge in [-0.2, -0.15) is 15.4 Å². The lowest BCUT2D eigenvalue weighted by molar-refractivity contribution is 0.571. The van der Waals surface area contributed by atoms with Gasteiger partial charge in [-0.1, -0.05) is 63.3 Å². The van der Waals surface area contributed by atoms with E-state index >= 15 is 0 Å². The minimum atomic E-state index is 0.913. The molecule has 0 aliphatic rings. The molecule has 0 spiro atoms. The zero-order chi connectivity index (χ0) is 16.3. The van der Waals surface area contributed by atoms with Crippen LogP contribution >= 0.6 is 0 Å². The van der Waals surface area contributed by atoms with E-state index in [1.165, 1.54) is 49.7 Å². The Labute approximate surface area is 140 Å². The van der Waals surface area contributed by atoms with Crippen molar-refractivity contribution >= 4 is 0 Å². The molecule has 4 nitrogen and oxygen atoms in total. The summed E-state index contributed by atoms with van der Waals surface area (Å²) >= 11 is 0. The maximum atomic E-state index is 4.34. The second-order valence-corrected chi connectivity index (χ2v) is 6.20. The monoisotopic (exact) mass is 314 g/mol. The van der Waals surface area contributed by atoms with Crippen LogP contribution < -0.4 is 5.32 Å². The fourth-order valence-corrected chi connectivity index (χ4v) is 2.84. The van der Waals surface area contributed by atoms with Gasteiger partial charge < -0.3 is 5.32 Å². The van der Waals surface area contributed by atoms with Crippen molar-refractivity contribution in [3.05, 3.63) is 35.5 Å². The topological polar surface area (TPSA) is 53.6 Å². The van der Waals surface area contributed by atoms with E-state index in [1.807, 2.05) is 0 Å².